The van der Waals surface area contributed by atoms with E-state index in [2.05, 4.69) is 0 Å². The fraction of sp³-hybridized carbons (Fsp3) is 0.778. The van der Waals surface area contributed by atoms with E-state index in [9.17, 15) is 9.59 Å². The number of hydrogen-bond donors (Lipinski definition) is 0. The molecule has 0 rings (SSSR count). The van der Waals surface area contributed by atoms with Gasteiger partial charge in [-0.3, -0.25) is 9.59 Å². The highest BCUT2D eigenvalue weighted by Gasteiger charge is 2.18. The maximum absolute atomic E-state index is 11.2. The van der Waals surface area contributed by atoms with Gasteiger partial charge >= 0.3 is 0 Å². The van der Waals surface area contributed by atoms with E-state index in [0.29, 0.717) is 6.42 Å². The lowest BCUT2D eigenvalue weighted by molar-refractivity contribution is -0.123. The molecule has 0 aromatic heterocycles. The number of thioether (sulfide) groups is 1. The third-order valence-corrected chi connectivity index (χ3v) is 2.14. The lowest BCUT2D eigenvalue weighted by Gasteiger charge is -2.15. The smallest absolute Gasteiger partial charge is 0.196 e. The standard InChI is InChI=1S/C9H16O2S/c1-5-7(10)6-8(11)12-9(2,3)4/h5-6H2,1-4H3. The third kappa shape index (κ3) is 6.40. The molecule has 0 aromatic carbocycles. The molecule has 12 heavy (non-hydrogen) atoms. The average molecular weight is 188 g/mol. The molecule has 2 nitrogen and oxygen atoms in total. The van der Waals surface area contributed by atoms with E-state index in [1.807, 2.05) is 20.8 Å². The van der Waals surface area contributed by atoms with Crippen molar-refractivity contribution < 1.29 is 9.59 Å². The van der Waals surface area contributed by atoms with Gasteiger partial charge < -0.3 is 0 Å². The highest BCUT2D eigenvalue weighted by molar-refractivity contribution is 8.14. The zero-order valence-corrected chi connectivity index (χ0v) is 8.96. The van der Waals surface area contributed by atoms with Crippen molar-refractivity contribution >= 4 is 22.7 Å². The lowest BCUT2D eigenvalue weighted by Crippen LogP contribution is -2.14. The van der Waals surface area contributed by atoms with Crippen molar-refractivity contribution in [2.75, 3.05) is 0 Å². The van der Waals surface area contributed by atoms with Gasteiger partial charge in [0.25, 0.3) is 0 Å². The quantitative estimate of drug-likeness (QED) is 0.638. The van der Waals surface area contributed by atoms with Crippen LogP contribution in [0.1, 0.15) is 40.5 Å². The van der Waals surface area contributed by atoms with E-state index in [1.54, 1.807) is 6.92 Å². The lowest BCUT2D eigenvalue weighted by atomic mass is 10.2. The van der Waals surface area contributed by atoms with E-state index < -0.39 is 0 Å². The molecule has 70 valence electrons. The number of Topliss-reactive ketones (excluding diaryl/α,β-unsaturated/α-hetero) is 1. The van der Waals surface area contributed by atoms with E-state index in [1.165, 1.54) is 11.8 Å². The molecule has 0 N–H and O–H groups in total. The fourth-order valence-electron chi connectivity index (χ4n) is 0.664. The van der Waals surface area contributed by atoms with Crippen LogP contribution < -0.4 is 0 Å². The van der Waals surface area contributed by atoms with Gasteiger partial charge in [-0.1, -0.05) is 39.5 Å². The molecule has 0 atom stereocenters. The van der Waals surface area contributed by atoms with Crippen LogP contribution in [0.3, 0.4) is 0 Å². The Morgan fingerprint density at radius 1 is 1.25 bits per heavy atom. The molecule has 0 aliphatic rings. The van der Waals surface area contributed by atoms with Gasteiger partial charge in [0, 0.05) is 11.2 Å². The van der Waals surface area contributed by atoms with Crippen molar-refractivity contribution in [2.45, 2.75) is 45.3 Å². The van der Waals surface area contributed by atoms with Gasteiger partial charge in [0.15, 0.2) is 5.12 Å². The second kappa shape index (κ2) is 4.65. The molecule has 0 spiro atoms. The predicted molar refractivity (Wildman–Crippen MR) is 52.3 cm³/mol. The largest absolute Gasteiger partial charge is 0.299 e. The van der Waals surface area contributed by atoms with E-state index in [-0.39, 0.29) is 22.1 Å². The first-order chi connectivity index (χ1) is 5.35. The van der Waals surface area contributed by atoms with Gasteiger partial charge in [-0.05, 0) is 0 Å². The van der Waals surface area contributed by atoms with Crippen LogP contribution in [-0.4, -0.2) is 15.6 Å². The summed E-state index contributed by atoms with van der Waals surface area (Å²) in [5.41, 5.74) is 0. The van der Waals surface area contributed by atoms with E-state index in [4.69, 9.17) is 0 Å². The Morgan fingerprint density at radius 2 is 1.75 bits per heavy atom. The van der Waals surface area contributed by atoms with Gasteiger partial charge in [-0.15, -0.1) is 0 Å². The second-order valence-electron chi connectivity index (χ2n) is 3.66. The third-order valence-electron chi connectivity index (χ3n) is 1.16. The molecule has 0 aromatic rings. The molecule has 3 heteroatoms. The number of carbonyl (C=O) groups excluding carboxylic acids is 2. The van der Waals surface area contributed by atoms with Crippen LogP contribution in [-0.2, 0) is 9.59 Å². The minimum atomic E-state index is -0.0783. The highest BCUT2D eigenvalue weighted by Crippen LogP contribution is 2.25. The first-order valence-corrected chi connectivity index (χ1v) is 4.90. The number of rotatable bonds is 3. The molecular weight excluding hydrogens is 172 g/mol. The fourth-order valence-corrected chi connectivity index (χ4v) is 1.58. The van der Waals surface area contributed by atoms with Crippen molar-refractivity contribution in [1.82, 2.24) is 0 Å². The Bertz CT molecular complexity index is 179. The van der Waals surface area contributed by atoms with E-state index >= 15 is 0 Å². The zero-order chi connectivity index (χ0) is 9.78. The Morgan fingerprint density at radius 3 is 2.08 bits per heavy atom. The molecular formula is C9H16O2S. The molecule has 0 radical (unpaired) electrons. The molecule has 0 saturated carbocycles. The SMILES string of the molecule is CCC(=O)CC(=O)SC(C)(C)C. The molecule has 0 aliphatic heterocycles. The average Bonchev–Trinajstić information content (AvgIpc) is 1.82. The summed E-state index contributed by atoms with van der Waals surface area (Å²) >= 11 is 1.24. The zero-order valence-electron chi connectivity index (χ0n) is 8.14. The molecule has 0 amide bonds. The molecule has 0 bridgehead atoms. The first-order valence-electron chi connectivity index (χ1n) is 4.08. The summed E-state index contributed by atoms with van der Waals surface area (Å²) < 4.78 is -0.0783. The topological polar surface area (TPSA) is 34.1 Å². The Hall–Kier alpha value is -0.310. The predicted octanol–water partition coefficient (Wildman–Crippen LogP) is 2.41. The molecule has 0 aliphatic carbocycles. The van der Waals surface area contributed by atoms with Crippen molar-refractivity contribution in [3.05, 3.63) is 0 Å². The summed E-state index contributed by atoms with van der Waals surface area (Å²) in [7, 11) is 0. The summed E-state index contributed by atoms with van der Waals surface area (Å²) in [4.78, 5) is 22.0. The van der Waals surface area contributed by atoms with Crippen LogP contribution in [0.15, 0.2) is 0 Å². The summed E-state index contributed by atoms with van der Waals surface area (Å²) in [6.07, 6.45) is 0.537. The first kappa shape index (κ1) is 11.7. The molecule has 0 heterocycles. The Balaban J connectivity index is 3.83. The van der Waals surface area contributed by atoms with Gasteiger partial charge in [-0.2, -0.15) is 0 Å². The van der Waals surface area contributed by atoms with Crippen molar-refractivity contribution in [3.63, 3.8) is 0 Å². The normalized spacial score (nSPS) is 11.3. The van der Waals surface area contributed by atoms with Crippen LogP contribution in [0.2, 0.25) is 0 Å². The van der Waals surface area contributed by atoms with Crippen molar-refractivity contribution in [3.8, 4) is 0 Å². The Labute approximate surface area is 78.1 Å². The van der Waals surface area contributed by atoms with Gasteiger partial charge in [-0.25, -0.2) is 0 Å². The summed E-state index contributed by atoms with van der Waals surface area (Å²) in [5, 5.41) is -0.0191. The number of carbonyl (C=O) groups is 2. The highest BCUT2D eigenvalue weighted by atomic mass is 32.2. The maximum atomic E-state index is 11.2. The van der Waals surface area contributed by atoms with E-state index in [0.717, 1.165) is 0 Å². The summed E-state index contributed by atoms with van der Waals surface area (Å²) in [6.45, 7) is 7.67. The molecule has 0 unspecified atom stereocenters. The van der Waals surface area contributed by atoms with Crippen LogP contribution in [0.4, 0.5) is 0 Å². The number of hydrogen-bond acceptors (Lipinski definition) is 3. The number of ketones is 1. The monoisotopic (exact) mass is 188 g/mol. The Kier molecular flexibility index (Phi) is 4.53. The molecule has 0 saturated heterocycles. The summed E-state index contributed by atoms with van der Waals surface area (Å²) in [5.74, 6) is 0.0248. The molecule has 0 fully saturated rings. The van der Waals surface area contributed by atoms with Crippen molar-refractivity contribution in [1.29, 1.82) is 0 Å². The van der Waals surface area contributed by atoms with Crippen LogP contribution in [0, 0.1) is 0 Å². The van der Waals surface area contributed by atoms with Gasteiger partial charge in [0.1, 0.15) is 5.78 Å². The van der Waals surface area contributed by atoms with Crippen LogP contribution in [0.25, 0.3) is 0 Å². The summed E-state index contributed by atoms with van der Waals surface area (Å²) in [6, 6.07) is 0. The van der Waals surface area contributed by atoms with Crippen LogP contribution in [0.5, 0.6) is 0 Å². The second-order valence-corrected chi connectivity index (χ2v) is 5.54. The minimum absolute atomic E-state index is 0.0191. The van der Waals surface area contributed by atoms with Crippen LogP contribution >= 0.6 is 11.8 Å². The van der Waals surface area contributed by atoms with Gasteiger partial charge in [0.2, 0.25) is 0 Å². The minimum Gasteiger partial charge on any atom is -0.299 e. The maximum Gasteiger partial charge on any atom is 0.196 e. The van der Waals surface area contributed by atoms with Gasteiger partial charge in [0.05, 0.1) is 6.42 Å². The van der Waals surface area contributed by atoms with Crippen molar-refractivity contribution in [2.24, 2.45) is 0 Å².